The molecule has 1 aromatic carbocycles. The van der Waals surface area contributed by atoms with Gasteiger partial charge in [0.15, 0.2) is 0 Å². The van der Waals surface area contributed by atoms with Gasteiger partial charge in [-0.05, 0) is 37.0 Å². The third-order valence-electron chi connectivity index (χ3n) is 5.18. The van der Waals surface area contributed by atoms with Crippen molar-refractivity contribution in [1.82, 2.24) is 10.2 Å². The molecule has 8 heteroatoms. The lowest BCUT2D eigenvalue weighted by atomic mass is 9.90. The Morgan fingerprint density at radius 1 is 1.23 bits per heavy atom. The van der Waals surface area contributed by atoms with Crippen molar-refractivity contribution in [2.45, 2.75) is 49.1 Å². The number of fused-ring (bicyclic) bond motifs is 1. The first-order valence-corrected chi connectivity index (χ1v) is 10.7. The van der Waals surface area contributed by atoms with Gasteiger partial charge in [0.25, 0.3) is 0 Å². The van der Waals surface area contributed by atoms with Gasteiger partial charge in [-0.1, -0.05) is 25.0 Å². The van der Waals surface area contributed by atoms with E-state index in [0.29, 0.717) is 32.2 Å². The third-order valence-corrected chi connectivity index (χ3v) is 6.11. The van der Waals surface area contributed by atoms with Crippen molar-refractivity contribution in [1.29, 1.82) is 0 Å². The van der Waals surface area contributed by atoms with Crippen molar-refractivity contribution in [2.24, 2.45) is 5.14 Å². The summed E-state index contributed by atoms with van der Waals surface area (Å²) in [6.45, 7) is 2.44. The lowest BCUT2D eigenvalue weighted by molar-refractivity contribution is -0.129. The molecule has 2 fully saturated rings. The first-order valence-electron chi connectivity index (χ1n) is 9.17. The lowest BCUT2D eigenvalue weighted by Crippen LogP contribution is -2.55. The molecule has 2 atom stereocenters. The van der Waals surface area contributed by atoms with E-state index in [0.717, 1.165) is 24.9 Å². The zero-order chi connectivity index (χ0) is 18.6. The Hall–Kier alpha value is -1.48. The van der Waals surface area contributed by atoms with Crippen LogP contribution in [0, 0.1) is 0 Å². The van der Waals surface area contributed by atoms with Gasteiger partial charge >= 0.3 is 0 Å². The van der Waals surface area contributed by atoms with Crippen LogP contribution in [0.3, 0.4) is 0 Å². The quantitative estimate of drug-likeness (QED) is 0.753. The average Bonchev–Trinajstić information content (AvgIpc) is 2.62. The van der Waals surface area contributed by atoms with Gasteiger partial charge in [0, 0.05) is 19.1 Å². The standard InChI is InChI=1S/C18H27N3O4S/c19-26(23,24)15-7-5-14(6-8-15)9-10-20-18(22)13-21-11-12-25-17-4-2-1-3-16(17)21/h5-8,16-17H,1-4,9-13H2,(H,20,22)(H2,19,23,24). The Labute approximate surface area is 154 Å². The zero-order valence-electron chi connectivity index (χ0n) is 14.9. The molecule has 2 unspecified atom stereocenters. The molecule has 2 aliphatic rings. The highest BCUT2D eigenvalue weighted by molar-refractivity contribution is 7.89. The molecule has 7 nitrogen and oxygen atoms in total. The molecule has 1 saturated carbocycles. The number of morpholine rings is 1. The first-order chi connectivity index (χ1) is 12.4. The summed E-state index contributed by atoms with van der Waals surface area (Å²) < 4.78 is 28.3. The summed E-state index contributed by atoms with van der Waals surface area (Å²) in [4.78, 5) is 14.6. The van der Waals surface area contributed by atoms with Crippen LogP contribution in [0.15, 0.2) is 29.2 Å². The van der Waals surface area contributed by atoms with E-state index in [2.05, 4.69) is 10.2 Å². The van der Waals surface area contributed by atoms with Gasteiger partial charge < -0.3 is 10.1 Å². The predicted octanol–water partition coefficient (Wildman–Crippen LogP) is 0.636. The molecule has 3 rings (SSSR count). The Balaban J connectivity index is 1.44. The van der Waals surface area contributed by atoms with E-state index in [-0.39, 0.29) is 16.9 Å². The Morgan fingerprint density at radius 2 is 1.96 bits per heavy atom. The van der Waals surface area contributed by atoms with Crippen LogP contribution >= 0.6 is 0 Å². The van der Waals surface area contributed by atoms with E-state index >= 15 is 0 Å². The molecule has 144 valence electrons. The maximum atomic E-state index is 12.3. The van der Waals surface area contributed by atoms with Gasteiger partial charge in [-0.3, -0.25) is 9.69 Å². The minimum absolute atomic E-state index is 0.0254. The van der Waals surface area contributed by atoms with Gasteiger partial charge in [-0.15, -0.1) is 0 Å². The van der Waals surface area contributed by atoms with Crippen LogP contribution < -0.4 is 10.5 Å². The molecule has 1 aliphatic carbocycles. The van der Waals surface area contributed by atoms with Gasteiger partial charge in [0.2, 0.25) is 15.9 Å². The molecule has 1 aliphatic heterocycles. The van der Waals surface area contributed by atoms with Gasteiger partial charge in [-0.2, -0.15) is 0 Å². The zero-order valence-corrected chi connectivity index (χ0v) is 15.7. The van der Waals surface area contributed by atoms with Crippen LogP contribution in [-0.4, -0.2) is 57.6 Å². The molecule has 26 heavy (non-hydrogen) atoms. The molecule has 1 aromatic rings. The maximum Gasteiger partial charge on any atom is 0.238 e. The van der Waals surface area contributed by atoms with E-state index in [4.69, 9.17) is 9.88 Å². The van der Waals surface area contributed by atoms with E-state index in [1.54, 1.807) is 12.1 Å². The molecule has 1 saturated heterocycles. The van der Waals surface area contributed by atoms with E-state index in [9.17, 15) is 13.2 Å². The smallest absolute Gasteiger partial charge is 0.238 e. The number of hydrogen-bond acceptors (Lipinski definition) is 5. The van der Waals surface area contributed by atoms with Crippen LogP contribution in [-0.2, 0) is 26.0 Å². The third kappa shape index (κ3) is 5.03. The fourth-order valence-corrected chi connectivity index (χ4v) is 4.32. The highest BCUT2D eigenvalue weighted by Gasteiger charge is 2.34. The van der Waals surface area contributed by atoms with Gasteiger partial charge in [0.05, 0.1) is 24.2 Å². The largest absolute Gasteiger partial charge is 0.375 e. The number of amides is 1. The van der Waals surface area contributed by atoms with Crippen molar-refractivity contribution in [3.05, 3.63) is 29.8 Å². The Kier molecular flexibility index (Phi) is 6.29. The van der Waals surface area contributed by atoms with Crippen molar-refractivity contribution >= 4 is 15.9 Å². The highest BCUT2D eigenvalue weighted by Crippen LogP contribution is 2.28. The number of nitrogens with two attached hydrogens (primary N) is 1. The molecule has 0 spiro atoms. The van der Waals surface area contributed by atoms with Crippen LogP contribution in [0.4, 0.5) is 0 Å². The summed E-state index contributed by atoms with van der Waals surface area (Å²) in [5.74, 6) is 0.0254. The number of hydrogen-bond donors (Lipinski definition) is 2. The Morgan fingerprint density at radius 3 is 2.69 bits per heavy atom. The number of carbonyl (C=O) groups excluding carboxylic acids is 1. The summed E-state index contributed by atoms with van der Waals surface area (Å²) in [5, 5.41) is 8.04. The van der Waals surface area contributed by atoms with Crippen molar-refractivity contribution in [2.75, 3.05) is 26.2 Å². The average molecular weight is 381 g/mol. The summed E-state index contributed by atoms with van der Waals surface area (Å²) in [6, 6.07) is 6.79. The molecule has 0 radical (unpaired) electrons. The SMILES string of the molecule is NS(=O)(=O)c1ccc(CCNC(=O)CN2CCOC3CCCCC32)cc1. The molecule has 1 amide bonds. The molecule has 0 bridgehead atoms. The van der Waals surface area contributed by atoms with Crippen molar-refractivity contribution in [3.63, 3.8) is 0 Å². The van der Waals surface area contributed by atoms with Crippen LogP contribution in [0.1, 0.15) is 31.2 Å². The summed E-state index contributed by atoms with van der Waals surface area (Å²) in [5.41, 5.74) is 0.955. The normalized spacial score (nSPS) is 24.0. The topological polar surface area (TPSA) is 102 Å². The fraction of sp³-hybridized carbons (Fsp3) is 0.611. The first kappa shape index (κ1) is 19.3. The second kappa shape index (κ2) is 8.47. The summed E-state index contributed by atoms with van der Waals surface area (Å²) >= 11 is 0. The number of nitrogens with one attached hydrogen (secondary N) is 1. The monoisotopic (exact) mass is 381 g/mol. The number of ether oxygens (including phenoxy) is 1. The molecule has 3 N–H and O–H groups in total. The minimum Gasteiger partial charge on any atom is -0.375 e. The summed E-state index contributed by atoms with van der Waals surface area (Å²) in [7, 11) is -3.67. The number of carbonyl (C=O) groups is 1. The number of primary sulfonamides is 1. The Bertz CT molecular complexity index is 718. The number of rotatable bonds is 6. The van der Waals surface area contributed by atoms with Crippen LogP contribution in [0.5, 0.6) is 0 Å². The second-order valence-electron chi connectivity index (χ2n) is 7.02. The molecule has 0 aromatic heterocycles. The van der Waals surface area contributed by atoms with E-state index in [1.165, 1.54) is 25.0 Å². The molecule has 1 heterocycles. The van der Waals surface area contributed by atoms with E-state index < -0.39 is 10.0 Å². The lowest BCUT2D eigenvalue weighted by Gasteiger charge is -2.43. The summed E-state index contributed by atoms with van der Waals surface area (Å²) in [6.07, 6.45) is 5.54. The van der Waals surface area contributed by atoms with E-state index in [1.807, 2.05) is 0 Å². The van der Waals surface area contributed by atoms with Crippen molar-refractivity contribution < 1.29 is 17.9 Å². The van der Waals surface area contributed by atoms with Crippen LogP contribution in [0.2, 0.25) is 0 Å². The second-order valence-corrected chi connectivity index (χ2v) is 8.58. The van der Waals surface area contributed by atoms with Gasteiger partial charge in [0.1, 0.15) is 0 Å². The molecular weight excluding hydrogens is 354 g/mol. The number of benzene rings is 1. The molecular formula is C18H27N3O4S. The fourth-order valence-electron chi connectivity index (χ4n) is 3.81. The van der Waals surface area contributed by atoms with Crippen LogP contribution in [0.25, 0.3) is 0 Å². The highest BCUT2D eigenvalue weighted by atomic mass is 32.2. The number of sulfonamides is 1. The number of nitrogens with zero attached hydrogens (tertiary/aromatic N) is 1. The van der Waals surface area contributed by atoms with Gasteiger partial charge in [-0.25, -0.2) is 13.6 Å². The predicted molar refractivity (Wildman–Crippen MR) is 98.1 cm³/mol. The maximum absolute atomic E-state index is 12.3. The minimum atomic E-state index is -3.67. The van der Waals surface area contributed by atoms with Crippen molar-refractivity contribution in [3.8, 4) is 0 Å².